The molecule has 0 aromatic carbocycles. The van der Waals surface area contributed by atoms with Crippen molar-refractivity contribution in [2.24, 2.45) is 0 Å². The van der Waals surface area contributed by atoms with Crippen molar-refractivity contribution in [2.75, 3.05) is 19.3 Å². The van der Waals surface area contributed by atoms with Crippen molar-refractivity contribution in [3.05, 3.63) is 23.7 Å². The molecule has 0 saturated carbocycles. The number of nitrogens with one attached hydrogen (secondary N) is 3. The third-order valence-electron chi connectivity index (χ3n) is 3.17. The maximum absolute atomic E-state index is 12.0. The number of aromatic nitrogens is 5. The molecule has 2 aromatic rings. The van der Waals surface area contributed by atoms with E-state index in [1.165, 1.54) is 11.8 Å². The highest BCUT2D eigenvalue weighted by Gasteiger charge is 2.18. The summed E-state index contributed by atoms with van der Waals surface area (Å²) < 4.78 is 0. The molecule has 126 valence electrons. The van der Waals surface area contributed by atoms with Gasteiger partial charge in [0.05, 0.1) is 24.1 Å². The second-order valence-corrected chi connectivity index (χ2v) is 7.39. The van der Waals surface area contributed by atoms with Crippen LogP contribution in [-0.4, -0.2) is 55.9 Å². The van der Waals surface area contributed by atoms with Crippen LogP contribution in [-0.2, 0) is 12.0 Å². The Morgan fingerprint density at radius 1 is 1.39 bits per heavy atom. The smallest absolute Gasteiger partial charge is 0.317 e. The van der Waals surface area contributed by atoms with Crippen molar-refractivity contribution in [3.8, 4) is 0 Å². The first kappa shape index (κ1) is 17.3. The monoisotopic (exact) mass is 337 g/mol. The Balaban J connectivity index is 1.73. The van der Waals surface area contributed by atoms with E-state index in [1.807, 2.05) is 6.07 Å². The summed E-state index contributed by atoms with van der Waals surface area (Å²) in [7, 11) is 1.76. The molecule has 0 aliphatic heterocycles. The van der Waals surface area contributed by atoms with Gasteiger partial charge < -0.3 is 10.2 Å². The Hall–Kier alpha value is -2.03. The number of H-pyrrole nitrogens is 2. The van der Waals surface area contributed by atoms with Gasteiger partial charge in [0, 0.05) is 24.8 Å². The van der Waals surface area contributed by atoms with Gasteiger partial charge in [-0.1, -0.05) is 20.8 Å². The third kappa shape index (κ3) is 5.27. The molecule has 23 heavy (non-hydrogen) atoms. The van der Waals surface area contributed by atoms with E-state index in [2.05, 4.69) is 51.7 Å². The number of hydrogen-bond acceptors (Lipinski definition) is 5. The first-order chi connectivity index (χ1) is 10.9. The van der Waals surface area contributed by atoms with Crippen molar-refractivity contribution >= 4 is 17.8 Å². The second kappa shape index (κ2) is 7.49. The van der Waals surface area contributed by atoms with Gasteiger partial charge in [0.15, 0.2) is 0 Å². The van der Waals surface area contributed by atoms with Gasteiger partial charge in [-0.15, -0.1) is 16.9 Å². The van der Waals surface area contributed by atoms with Crippen molar-refractivity contribution in [3.63, 3.8) is 0 Å². The number of carbonyl (C=O) groups is 1. The topological polar surface area (TPSA) is 103 Å². The standard InChI is InChI=1S/C14H23N7OS/c1-14(2,3)11-7-10(17-18-11)9-21(4)13(22)15-5-6-23-12-8-16-20-19-12/h7-8H,5-6,9H2,1-4H3,(H,15,22)(H,17,18)(H,16,19,20). The van der Waals surface area contributed by atoms with Crippen molar-refractivity contribution < 1.29 is 4.79 Å². The van der Waals surface area contributed by atoms with Crippen LogP contribution < -0.4 is 5.32 Å². The Kier molecular flexibility index (Phi) is 5.64. The van der Waals surface area contributed by atoms with E-state index in [1.54, 1.807) is 18.1 Å². The number of thioether (sulfide) groups is 1. The van der Waals surface area contributed by atoms with E-state index in [0.717, 1.165) is 22.2 Å². The summed E-state index contributed by atoms with van der Waals surface area (Å²) in [6.45, 7) is 7.38. The zero-order valence-electron chi connectivity index (χ0n) is 13.9. The van der Waals surface area contributed by atoms with E-state index in [4.69, 9.17) is 0 Å². The SMILES string of the molecule is CN(Cc1cc(C(C)(C)C)n[nH]1)C(=O)NCCSc1cn[nH]n1. The Morgan fingerprint density at radius 3 is 2.78 bits per heavy atom. The Labute approximate surface area is 139 Å². The average Bonchev–Trinajstić information content (AvgIpc) is 3.13. The number of amides is 2. The lowest BCUT2D eigenvalue weighted by molar-refractivity contribution is 0.207. The van der Waals surface area contributed by atoms with Crippen LogP contribution in [0, 0.1) is 0 Å². The summed E-state index contributed by atoms with van der Waals surface area (Å²) in [5.41, 5.74) is 1.91. The van der Waals surface area contributed by atoms with E-state index < -0.39 is 0 Å². The van der Waals surface area contributed by atoms with Crippen LogP contribution >= 0.6 is 11.8 Å². The predicted octanol–water partition coefficient (Wildman–Crippen LogP) is 1.76. The highest BCUT2D eigenvalue weighted by atomic mass is 32.2. The van der Waals surface area contributed by atoms with Gasteiger partial charge >= 0.3 is 6.03 Å². The lowest BCUT2D eigenvalue weighted by Gasteiger charge is -2.17. The molecule has 2 rings (SSSR count). The Morgan fingerprint density at radius 2 is 2.17 bits per heavy atom. The van der Waals surface area contributed by atoms with Crippen LogP contribution in [0.1, 0.15) is 32.2 Å². The fourth-order valence-electron chi connectivity index (χ4n) is 1.86. The third-order valence-corrected chi connectivity index (χ3v) is 4.08. The minimum absolute atomic E-state index is 0.00603. The fraction of sp³-hybridized carbons (Fsp3) is 0.571. The van der Waals surface area contributed by atoms with Gasteiger partial charge in [-0.3, -0.25) is 5.10 Å². The summed E-state index contributed by atoms with van der Waals surface area (Å²) in [5.74, 6) is 0.740. The van der Waals surface area contributed by atoms with Gasteiger partial charge in [-0.25, -0.2) is 4.79 Å². The van der Waals surface area contributed by atoms with Gasteiger partial charge in [-0.05, 0) is 6.07 Å². The first-order valence-electron chi connectivity index (χ1n) is 7.38. The molecular weight excluding hydrogens is 314 g/mol. The van der Waals surface area contributed by atoms with E-state index in [0.29, 0.717) is 13.1 Å². The summed E-state index contributed by atoms with van der Waals surface area (Å²) in [6.07, 6.45) is 1.66. The lowest BCUT2D eigenvalue weighted by atomic mass is 9.92. The normalized spacial score (nSPS) is 11.5. The van der Waals surface area contributed by atoms with Crippen molar-refractivity contribution in [2.45, 2.75) is 37.8 Å². The molecule has 2 aromatic heterocycles. The summed E-state index contributed by atoms with van der Waals surface area (Å²) in [4.78, 5) is 13.7. The molecule has 0 spiro atoms. The maximum atomic E-state index is 12.0. The second-order valence-electron chi connectivity index (χ2n) is 6.27. The molecule has 0 unspecified atom stereocenters. The van der Waals surface area contributed by atoms with E-state index in [-0.39, 0.29) is 11.4 Å². The summed E-state index contributed by atoms with van der Waals surface area (Å²) in [5, 5.41) is 21.2. The number of aromatic amines is 2. The molecule has 2 heterocycles. The first-order valence-corrected chi connectivity index (χ1v) is 8.37. The summed E-state index contributed by atoms with van der Waals surface area (Å²) >= 11 is 1.54. The predicted molar refractivity (Wildman–Crippen MR) is 89.3 cm³/mol. The largest absolute Gasteiger partial charge is 0.337 e. The van der Waals surface area contributed by atoms with Crippen LogP contribution in [0.2, 0.25) is 0 Å². The molecular formula is C14H23N7OS. The molecule has 9 heteroatoms. The van der Waals surface area contributed by atoms with Crippen molar-refractivity contribution in [1.29, 1.82) is 0 Å². The molecule has 0 aliphatic rings. The molecule has 2 amide bonds. The molecule has 0 fully saturated rings. The quantitative estimate of drug-likeness (QED) is 0.550. The Bertz CT molecular complexity index is 617. The minimum atomic E-state index is -0.113. The van der Waals surface area contributed by atoms with Gasteiger partial charge in [0.2, 0.25) is 0 Å². The van der Waals surface area contributed by atoms with Gasteiger partial charge in [0.1, 0.15) is 5.03 Å². The minimum Gasteiger partial charge on any atom is -0.337 e. The van der Waals surface area contributed by atoms with Gasteiger partial charge in [0.25, 0.3) is 0 Å². The van der Waals surface area contributed by atoms with E-state index in [9.17, 15) is 4.79 Å². The maximum Gasteiger partial charge on any atom is 0.317 e. The van der Waals surface area contributed by atoms with Gasteiger partial charge in [-0.2, -0.15) is 15.4 Å². The summed E-state index contributed by atoms with van der Waals surface area (Å²) in [6, 6.07) is 1.89. The number of carbonyl (C=O) groups excluding carboxylic acids is 1. The van der Waals surface area contributed by atoms with Crippen LogP contribution in [0.15, 0.2) is 17.3 Å². The number of nitrogens with zero attached hydrogens (tertiary/aromatic N) is 4. The highest BCUT2D eigenvalue weighted by molar-refractivity contribution is 7.99. The molecule has 0 radical (unpaired) electrons. The highest BCUT2D eigenvalue weighted by Crippen LogP contribution is 2.20. The number of rotatable bonds is 6. The van der Waals surface area contributed by atoms with E-state index >= 15 is 0 Å². The van der Waals surface area contributed by atoms with Crippen LogP contribution in [0.5, 0.6) is 0 Å². The molecule has 3 N–H and O–H groups in total. The zero-order valence-corrected chi connectivity index (χ0v) is 14.7. The molecule has 0 atom stereocenters. The fourth-order valence-corrected chi connectivity index (χ4v) is 2.51. The molecule has 0 bridgehead atoms. The average molecular weight is 337 g/mol. The number of urea groups is 1. The zero-order chi connectivity index (χ0) is 16.9. The van der Waals surface area contributed by atoms with Crippen molar-refractivity contribution in [1.82, 2.24) is 35.8 Å². The van der Waals surface area contributed by atoms with Crippen LogP contribution in [0.3, 0.4) is 0 Å². The van der Waals surface area contributed by atoms with Crippen LogP contribution in [0.25, 0.3) is 0 Å². The number of hydrogen-bond donors (Lipinski definition) is 3. The molecule has 0 aliphatic carbocycles. The van der Waals surface area contributed by atoms with Crippen LogP contribution in [0.4, 0.5) is 4.79 Å². The molecule has 0 saturated heterocycles. The molecule has 8 nitrogen and oxygen atoms in total. The lowest BCUT2D eigenvalue weighted by Crippen LogP contribution is -2.37.